The first-order chi connectivity index (χ1) is 22.1. The summed E-state index contributed by atoms with van der Waals surface area (Å²) >= 11 is 0. The van der Waals surface area contributed by atoms with E-state index in [0.29, 0.717) is 36.8 Å². The molecule has 0 radical (unpaired) electrons. The van der Waals surface area contributed by atoms with Gasteiger partial charge in [0.1, 0.15) is 69.9 Å². The van der Waals surface area contributed by atoms with E-state index in [4.69, 9.17) is 14.2 Å². The third-order valence-electron chi connectivity index (χ3n) is 8.96. The topological polar surface area (TPSA) is 133 Å². The van der Waals surface area contributed by atoms with Crippen molar-refractivity contribution in [2.45, 2.75) is 76.6 Å². The van der Waals surface area contributed by atoms with E-state index in [-0.39, 0.29) is 19.3 Å². The Kier molecular flexibility index (Phi) is 13.6. The minimum Gasteiger partial charge on any atom is -0.458 e. The van der Waals surface area contributed by atoms with Gasteiger partial charge in [-0.2, -0.15) is 8.42 Å². The first-order valence-corrected chi connectivity index (χ1v) is 18.6. The van der Waals surface area contributed by atoms with Crippen molar-refractivity contribution in [3.63, 3.8) is 0 Å². The summed E-state index contributed by atoms with van der Waals surface area (Å²) in [7, 11) is 7.71. The number of hydrogen-bond donors (Lipinski definition) is 1. The van der Waals surface area contributed by atoms with Gasteiger partial charge in [-0.05, 0) is 55.4 Å². The molecule has 2 aromatic rings. The second kappa shape index (κ2) is 16.5. The maximum absolute atomic E-state index is 13.9. The van der Waals surface area contributed by atoms with Crippen molar-refractivity contribution >= 4 is 75.1 Å². The lowest BCUT2D eigenvalue weighted by molar-refractivity contribution is -0.164. The molecule has 0 heterocycles. The lowest BCUT2D eigenvalue weighted by atomic mass is 9.75. The Morgan fingerprint density at radius 2 is 0.979 bits per heavy atom. The van der Waals surface area contributed by atoms with Gasteiger partial charge in [-0.25, -0.2) is 0 Å². The number of carbonyl (C=O) groups excluding carboxylic acids is 3. The fourth-order valence-corrected chi connectivity index (χ4v) is 7.40. The number of benzene rings is 2. The van der Waals surface area contributed by atoms with Crippen LogP contribution in [-0.2, 0) is 67.2 Å². The second-order valence-electron chi connectivity index (χ2n) is 13.2. The smallest absolute Gasteiger partial charge is 0.314 e. The molecule has 0 spiro atoms. The van der Waals surface area contributed by atoms with Crippen LogP contribution in [0.5, 0.6) is 11.5 Å². The molecule has 1 aliphatic carbocycles. The van der Waals surface area contributed by atoms with Crippen LogP contribution in [-0.4, -0.2) is 89.3 Å². The molecule has 1 saturated carbocycles. The van der Waals surface area contributed by atoms with Crippen LogP contribution in [0.3, 0.4) is 0 Å². The third-order valence-corrected chi connectivity index (χ3v) is 10.0. The highest BCUT2D eigenvalue weighted by Crippen LogP contribution is 2.39. The van der Waals surface area contributed by atoms with Crippen molar-refractivity contribution < 1.29 is 41.6 Å². The number of ether oxygens (including phenoxy) is 3. The van der Waals surface area contributed by atoms with E-state index in [1.807, 2.05) is 55.7 Å². The maximum Gasteiger partial charge on any atom is 0.314 e. The molecule has 1 fully saturated rings. The molecular formula is C31H46B6O9S. The Balaban J connectivity index is 1.97. The van der Waals surface area contributed by atoms with Crippen LogP contribution in [0.15, 0.2) is 24.3 Å². The van der Waals surface area contributed by atoms with Gasteiger partial charge in [0.25, 0.3) is 10.1 Å². The molecule has 1 aliphatic rings. The molecule has 16 heteroatoms. The van der Waals surface area contributed by atoms with E-state index in [2.05, 4.69) is 15.7 Å². The van der Waals surface area contributed by atoms with Crippen LogP contribution < -0.4 is 9.47 Å². The molecule has 2 aromatic carbocycles. The van der Waals surface area contributed by atoms with E-state index < -0.39 is 57.1 Å². The lowest BCUT2D eigenvalue weighted by Gasteiger charge is -2.34. The van der Waals surface area contributed by atoms with Gasteiger partial charge in [0.15, 0.2) is 0 Å². The van der Waals surface area contributed by atoms with Crippen molar-refractivity contribution in [3.8, 4) is 11.5 Å². The van der Waals surface area contributed by atoms with Crippen LogP contribution in [0, 0.1) is 17.8 Å². The summed E-state index contributed by atoms with van der Waals surface area (Å²) in [4.78, 5) is 41.2. The minimum absolute atomic E-state index is 0.0605. The van der Waals surface area contributed by atoms with Crippen LogP contribution in [0.4, 0.5) is 0 Å². The van der Waals surface area contributed by atoms with E-state index in [1.54, 1.807) is 0 Å². The molecule has 248 valence electrons. The normalized spacial score (nSPS) is 18.3. The Hall–Kier alpha value is -2.85. The highest BCUT2D eigenvalue weighted by molar-refractivity contribution is 7.85. The zero-order valence-corrected chi connectivity index (χ0v) is 30.1. The van der Waals surface area contributed by atoms with Gasteiger partial charge in [-0.1, -0.05) is 73.3 Å². The Morgan fingerprint density at radius 1 is 0.660 bits per heavy atom. The lowest BCUT2D eigenvalue weighted by Crippen LogP contribution is -2.42. The quantitative estimate of drug-likeness (QED) is 0.108. The molecule has 1 N–H and O–H groups in total. The molecule has 0 aromatic heterocycles. The summed E-state index contributed by atoms with van der Waals surface area (Å²) in [5, 5.41) is 0. The van der Waals surface area contributed by atoms with Gasteiger partial charge in [0.05, 0.1) is 17.8 Å². The van der Waals surface area contributed by atoms with Crippen molar-refractivity contribution in [1.82, 2.24) is 0 Å². The summed E-state index contributed by atoms with van der Waals surface area (Å²) in [5.74, 6) is -4.12. The molecule has 0 aliphatic heterocycles. The Labute approximate surface area is 285 Å². The summed E-state index contributed by atoms with van der Waals surface area (Å²) in [6.07, 6.45) is 4.60. The van der Waals surface area contributed by atoms with Crippen molar-refractivity contribution in [3.05, 3.63) is 57.6 Å². The Morgan fingerprint density at radius 3 is 1.26 bits per heavy atom. The number of rotatable bonds is 14. The monoisotopic (exact) mass is 660 g/mol. The van der Waals surface area contributed by atoms with Crippen LogP contribution in [0.2, 0.25) is 0 Å². The zero-order valence-electron chi connectivity index (χ0n) is 29.2. The molecule has 9 nitrogen and oxygen atoms in total. The highest BCUT2D eigenvalue weighted by Gasteiger charge is 2.43. The van der Waals surface area contributed by atoms with E-state index in [1.165, 1.54) is 13.8 Å². The summed E-state index contributed by atoms with van der Waals surface area (Å²) in [5.41, 5.74) is 4.43. The van der Waals surface area contributed by atoms with Crippen molar-refractivity contribution in [1.29, 1.82) is 0 Å². The molecular weight excluding hydrogens is 613 g/mol. The largest absolute Gasteiger partial charge is 0.458 e. The maximum atomic E-state index is 13.9. The van der Waals surface area contributed by atoms with Gasteiger partial charge in [-0.15, -0.1) is 0 Å². The first kappa shape index (κ1) is 38.6. The van der Waals surface area contributed by atoms with Gasteiger partial charge in [0.2, 0.25) is 0 Å². The molecule has 0 bridgehead atoms. The minimum atomic E-state index is -4.44. The Bertz CT molecular complexity index is 1450. The third kappa shape index (κ3) is 10.3. The zero-order chi connectivity index (χ0) is 35.1. The fraction of sp³-hybridized carbons (Fsp3) is 0.516. The molecule has 3 rings (SSSR count). The van der Waals surface area contributed by atoms with Crippen molar-refractivity contribution in [2.75, 3.05) is 5.75 Å². The van der Waals surface area contributed by atoms with E-state index in [9.17, 15) is 27.4 Å². The second-order valence-corrected chi connectivity index (χ2v) is 14.6. The van der Waals surface area contributed by atoms with Crippen LogP contribution in [0.25, 0.3) is 0 Å². The predicted molar refractivity (Wildman–Crippen MR) is 199 cm³/mol. The average molecular weight is 660 g/mol. The van der Waals surface area contributed by atoms with Crippen LogP contribution in [0.1, 0.15) is 66.5 Å². The highest BCUT2D eigenvalue weighted by atomic mass is 32.2. The summed E-state index contributed by atoms with van der Waals surface area (Å²) < 4.78 is 50.2. The van der Waals surface area contributed by atoms with Crippen molar-refractivity contribution in [2.24, 2.45) is 17.8 Å². The molecule has 0 amide bonds. The van der Waals surface area contributed by atoms with Crippen LogP contribution >= 0.6 is 0 Å². The standard InChI is InChI=1S/C31H46B6O9S/c1-31(2,16-47(41,42)43)46-30(40)21-8-19(28(38)44-26-22(12-34)3-17(10-32)4-23(26)13-35)7-20(9-21)29(39)45-27-24(14-36)5-18(11-33)6-25(27)15-37/h3-6,19-21H,7-16,32-37H2,1-2H3,(H,41,42,43). The SMILES string of the molecule is BCc1cc(CB)c(OC(=O)C2CC(C(=O)Oc3c(CB)cc(CB)cc3CB)CC(C(=O)OC(C)(C)CS(=O)(=O)O)C2)c(CB)c1. The number of carbonyl (C=O) groups is 3. The number of hydrogen-bond acceptors (Lipinski definition) is 8. The predicted octanol–water partition coefficient (Wildman–Crippen LogP) is -1.76. The van der Waals surface area contributed by atoms with E-state index in [0.717, 1.165) is 46.0 Å². The average Bonchev–Trinajstić information content (AvgIpc) is 3.02. The van der Waals surface area contributed by atoms with Gasteiger partial charge in [0, 0.05) is 0 Å². The summed E-state index contributed by atoms with van der Waals surface area (Å²) in [6, 6.07) is 8.17. The molecule has 2 unspecified atom stereocenters. The van der Waals surface area contributed by atoms with Gasteiger partial charge in [-0.3, -0.25) is 18.9 Å². The van der Waals surface area contributed by atoms with E-state index >= 15 is 0 Å². The first-order valence-electron chi connectivity index (χ1n) is 17.0. The number of esters is 3. The van der Waals surface area contributed by atoms with Gasteiger partial charge < -0.3 is 14.2 Å². The molecule has 0 saturated heterocycles. The molecule has 2 atom stereocenters. The van der Waals surface area contributed by atoms with Gasteiger partial charge >= 0.3 is 17.9 Å². The molecule has 47 heavy (non-hydrogen) atoms. The fourth-order valence-electron chi connectivity index (χ4n) is 6.46. The summed E-state index contributed by atoms with van der Waals surface area (Å²) in [6.45, 7) is 2.77.